The first kappa shape index (κ1) is 44.8. The minimum Gasteiger partial charge on any atom is -0.310 e. The molecular formula is C61H44N4O2S4. The van der Waals surface area contributed by atoms with Gasteiger partial charge < -0.3 is 9.80 Å². The van der Waals surface area contributed by atoms with Gasteiger partial charge in [0, 0.05) is 47.2 Å². The fraction of sp³-hybridized carbons (Fsp3) is 0.0820. The van der Waals surface area contributed by atoms with Crippen LogP contribution in [0.3, 0.4) is 0 Å². The smallest absolute Gasteiger partial charge is 0.266 e. The van der Waals surface area contributed by atoms with Gasteiger partial charge in [0.2, 0.25) is 0 Å². The van der Waals surface area contributed by atoms with E-state index in [1.54, 1.807) is 9.80 Å². The highest BCUT2D eigenvalue weighted by Gasteiger charge is 2.52. The maximum absolute atomic E-state index is 13.8. The average molecular weight is 993 g/mol. The molecule has 10 heteroatoms. The molecule has 2 saturated heterocycles. The number of hydrogen-bond acceptors (Lipinski definition) is 8. The number of thiocarbonyl (C=S) groups is 2. The summed E-state index contributed by atoms with van der Waals surface area (Å²) < 4.78 is 1.14. The third kappa shape index (κ3) is 7.39. The summed E-state index contributed by atoms with van der Waals surface area (Å²) in [6, 6.07) is 69.2. The molecule has 344 valence electrons. The normalized spacial score (nSPS) is 17.6. The van der Waals surface area contributed by atoms with Gasteiger partial charge in [-0.3, -0.25) is 19.4 Å². The number of amides is 2. The van der Waals surface area contributed by atoms with Crippen molar-refractivity contribution in [1.82, 2.24) is 9.80 Å². The fourth-order valence-electron chi connectivity index (χ4n) is 10.7. The Morgan fingerprint density at radius 3 is 1.04 bits per heavy atom. The molecule has 2 fully saturated rings. The topological polar surface area (TPSA) is 47.1 Å². The number of rotatable bonds is 10. The molecule has 2 heterocycles. The summed E-state index contributed by atoms with van der Waals surface area (Å²) >= 11 is 14.1. The summed E-state index contributed by atoms with van der Waals surface area (Å²) in [5.74, 6) is -0.150. The highest BCUT2D eigenvalue weighted by atomic mass is 32.2. The van der Waals surface area contributed by atoms with Crippen molar-refractivity contribution in [2.75, 3.05) is 22.9 Å². The number of fused-ring (bicyclic) bond motifs is 10. The molecule has 0 aromatic heterocycles. The van der Waals surface area contributed by atoms with Gasteiger partial charge >= 0.3 is 0 Å². The molecule has 8 aromatic carbocycles. The van der Waals surface area contributed by atoms with Crippen LogP contribution in [0.1, 0.15) is 47.2 Å². The minimum absolute atomic E-state index is 0.0752. The lowest BCUT2D eigenvalue weighted by Gasteiger charge is -2.33. The Morgan fingerprint density at radius 2 is 0.732 bits per heavy atom. The van der Waals surface area contributed by atoms with Crippen molar-refractivity contribution in [3.05, 3.63) is 237 Å². The second-order valence-corrected chi connectivity index (χ2v) is 21.0. The SMILES string of the molecule is CCN1C(=O)/C(=C\c2ccc3c(c2)C2(c4cc(/C=C5/SC(=S)N(CC)C5=O)ccc4-c4ccc(N(c5ccccc5)c5ccccc5)cc42)c2cc(N(c4ccccc4)c4ccccc4)ccc2-3)SC1=S. The Kier molecular flexibility index (Phi) is 11.4. The first-order chi connectivity index (χ1) is 34.8. The van der Waals surface area contributed by atoms with E-state index in [9.17, 15) is 9.59 Å². The Balaban J connectivity index is 1.16. The molecule has 8 aromatic rings. The van der Waals surface area contributed by atoms with Crippen LogP contribution in [0.2, 0.25) is 0 Å². The lowest BCUT2D eigenvalue weighted by atomic mass is 9.70. The summed E-state index contributed by atoms with van der Waals surface area (Å²) in [6.45, 7) is 4.93. The standard InChI is InChI=1S/C61H44N4O2S4/c1-3-62-57(66)55(70-59(62)68)35-39-25-29-47-49-31-27-45(64(41-17-9-5-10-18-41)42-19-11-6-12-20-42)37-53(49)61(51(47)33-39)52-34-40(36-56-58(67)63(4-2)60(69)71-56)26-30-48(52)50-32-28-46(38-54(50)61)65(43-21-13-7-14-22-43)44-23-15-8-16-24-44/h5-38H,3-4H2,1-2H3/b55-35+,56-36+. The lowest BCUT2D eigenvalue weighted by Crippen LogP contribution is -2.27. The fourth-order valence-corrected chi connectivity index (χ4v) is 13.5. The zero-order valence-corrected chi connectivity index (χ0v) is 42.0. The Hall–Kier alpha value is -7.34. The van der Waals surface area contributed by atoms with Gasteiger partial charge in [-0.1, -0.05) is 157 Å². The summed E-state index contributed by atoms with van der Waals surface area (Å²) in [4.78, 5) is 36.7. The second kappa shape index (κ2) is 18.1. The third-order valence-electron chi connectivity index (χ3n) is 13.8. The third-order valence-corrected chi connectivity index (χ3v) is 16.6. The number of para-hydroxylation sites is 4. The van der Waals surface area contributed by atoms with E-state index in [-0.39, 0.29) is 11.8 Å². The van der Waals surface area contributed by atoms with E-state index in [0.717, 1.165) is 89.8 Å². The number of nitrogens with zero attached hydrogens (tertiary/aromatic N) is 4. The van der Waals surface area contributed by atoms with Gasteiger partial charge in [-0.15, -0.1) is 0 Å². The monoisotopic (exact) mass is 992 g/mol. The number of hydrogen-bond donors (Lipinski definition) is 0. The number of likely N-dealkylation sites (N-methyl/N-ethyl adjacent to an activating group) is 2. The first-order valence-corrected chi connectivity index (χ1v) is 26.1. The van der Waals surface area contributed by atoms with Gasteiger partial charge in [0.15, 0.2) is 0 Å². The van der Waals surface area contributed by atoms with E-state index < -0.39 is 5.41 Å². The van der Waals surface area contributed by atoms with Crippen LogP contribution in [0, 0.1) is 0 Å². The first-order valence-electron chi connectivity index (χ1n) is 23.7. The zero-order valence-electron chi connectivity index (χ0n) is 38.8. The summed E-state index contributed by atoms with van der Waals surface area (Å²) in [6.07, 6.45) is 3.99. The van der Waals surface area contributed by atoms with Crippen LogP contribution < -0.4 is 9.80 Å². The number of anilines is 6. The largest absolute Gasteiger partial charge is 0.310 e. The van der Waals surface area contributed by atoms with Gasteiger partial charge in [0.05, 0.1) is 15.2 Å². The molecule has 0 radical (unpaired) electrons. The van der Waals surface area contributed by atoms with Crippen molar-refractivity contribution >= 4 is 115 Å². The Labute approximate surface area is 432 Å². The van der Waals surface area contributed by atoms with Crippen LogP contribution in [-0.4, -0.2) is 43.3 Å². The molecule has 1 spiro atoms. The van der Waals surface area contributed by atoms with E-state index in [0.29, 0.717) is 31.5 Å². The van der Waals surface area contributed by atoms with Crippen molar-refractivity contribution in [3.63, 3.8) is 0 Å². The van der Waals surface area contributed by atoms with Crippen molar-refractivity contribution in [2.45, 2.75) is 19.3 Å². The van der Waals surface area contributed by atoms with Crippen LogP contribution in [0.5, 0.6) is 0 Å². The van der Waals surface area contributed by atoms with Gasteiger partial charge in [-0.25, -0.2) is 0 Å². The highest BCUT2D eigenvalue weighted by Crippen LogP contribution is 2.64. The maximum Gasteiger partial charge on any atom is 0.266 e. The summed E-state index contributed by atoms with van der Waals surface area (Å²) in [7, 11) is 0. The second-order valence-electron chi connectivity index (χ2n) is 17.7. The van der Waals surface area contributed by atoms with Crippen molar-refractivity contribution < 1.29 is 9.59 Å². The van der Waals surface area contributed by atoms with E-state index in [2.05, 4.69) is 204 Å². The molecule has 12 rings (SSSR count). The van der Waals surface area contributed by atoms with Gasteiger partial charge in [0.25, 0.3) is 11.8 Å². The van der Waals surface area contributed by atoms with Crippen LogP contribution >= 0.6 is 48.0 Å². The lowest BCUT2D eigenvalue weighted by molar-refractivity contribution is -0.122. The van der Waals surface area contributed by atoms with Crippen LogP contribution in [0.25, 0.3) is 34.4 Å². The molecule has 0 N–H and O–H groups in total. The highest BCUT2D eigenvalue weighted by molar-refractivity contribution is 8.27. The van der Waals surface area contributed by atoms with Gasteiger partial charge in [-0.05, 0) is 167 Å². The Bertz CT molecular complexity index is 3250. The van der Waals surface area contributed by atoms with Crippen molar-refractivity contribution in [3.8, 4) is 22.3 Å². The summed E-state index contributed by atoms with van der Waals surface area (Å²) in [5.41, 5.74) is 16.0. The van der Waals surface area contributed by atoms with E-state index in [1.165, 1.54) is 23.5 Å². The van der Waals surface area contributed by atoms with E-state index >= 15 is 0 Å². The van der Waals surface area contributed by atoms with Crippen LogP contribution in [0.4, 0.5) is 34.1 Å². The van der Waals surface area contributed by atoms with Crippen molar-refractivity contribution in [1.29, 1.82) is 0 Å². The van der Waals surface area contributed by atoms with E-state index in [4.69, 9.17) is 24.4 Å². The Morgan fingerprint density at radius 1 is 0.423 bits per heavy atom. The molecule has 0 atom stereocenters. The molecule has 6 nitrogen and oxygen atoms in total. The van der Waals surface area contributed by atoms with Gasteiger partial charge in [0.1, 0.15) is 8.64 Å². The van der Waals surface area contributed by atoms with Crippen LogP contribution in [0.15, 0.2) is 204 Å². The minimum atomic E-state index is -0.877. The van der Waals surface area contributed by atoms with Crippen molar-refractivity contribution in [2.24, 2.45) is 0 Å². The predicted molar refractivity (Wildman–Crippen MR) is 303 cm³/mol. The molecule has 0 saturated carbocycles. The average Bonchev–Trinajstić information content (AvgIpc) is 4.06. The predicted octanol–water partition coefficient (Wildman–Crippen LogP) is 15.4. The number of thioether (sulfide) groups is 2. The quantitative estimate of drug-likeness (QED) is 0.0992. The number of benzene rings is 8. The van der Waals surface area contributed by atoms with Crippen LogP contribution in [-0.2, 0) is 15.0 Å². The maximum atomic E-state index is 13.8. The molecular weight excluding hydrogens is 949 g/mol. The molecule has 2 aliphatic heterocycles. The molecule has 2 amide bonds. The molecule has 71 heavy (non-hydrogen) atoms. The molecule has 0 bridgehead atoms. The van der Waals surface area contributed by atoms with E-state index in [1.807, 2.05) is 26.0 Å². The number of carbonyl (C=O) groups is 2. The zero-order chi connectivity index (χ0) is 48.4. The molecule has 4 aliphatic rings. The van der Waals surface area contributed by atoms with Gasteiger partial charge in [-0.2, -0.15) is 0 Å². The molecule has 2 aliphatic carbocycles. The number of carbonyl (C=O) groups excluding carboxylic acids is 2. The summed E-state index contributed by atoms with van der Waals surface area (Å²) in [5, 5.41) is 0. The molecule has 0 unspecified atom stereocenters.